The van der Waals surface area contributed by atoms with Crippen molar-refractivity contribution in [3.05, 3.63) is 29.3 Å². The normalized spacial score (nSPS) is 11.1. The smallest absolute Gasteiger partial charge is 0.123 e. The molecule has 0 saturated heterocycles. The van der Waals surface area contributed by atoms with Crippen LogP contribution in [-0.4, -0.2) is 24.9 Å². The van der Waals surface area contributed by atoms with Gasteiger partial charge in [0.2, 0.25) is 0 Å². The molecule has 0 radical (unpaired) electrons. The molecule has 0 heterocycles. The lowest BCUT2D eigenvalue weighted by Crippen LogP contribution is -2.27. The van der Waals surface area contributed by atoms with E-state index in [-0.39, 0.29) is 25.1 Å². The van der Waals surface area contributed by atoms with Gasteiger partial charge in [0.15, 0.2) is 0 Å². The van der Waals surface area contributed by atoms with Gasteiger partial charge in [-0.05, 0) is 24.1 Å². The van der Waals surface area contributed by atoms with Crippen LogP contribution in [0.3, 0.4) is 0 Å². The van der Waals surface area contributed by atoms with Gasteiger partial charge in [-0.15, -0.1) is 12.4 Å². The van der Waals surface area contributed by atoms with Crippen molar-refractivity contribution in [2.24, 2.45) is 5.73 Å². The number of aliphatic hydroxyl groups is 1. The quantitative estimate of drug-likeness (QED) is 0.821. The summed E-state index contributed by atoms with van der Waals surface area (Å²) in [7, 11) is 1.55. The first-order valence-electron chi connectivity index (χ1n) is 4.64. The Morgan fingerprint density at radius 3 is 2.75 bits per heavy atom. The molecule has 3 N–H and O–H groups in total. The van der Waals surface area contributed by atoms with Crippen LogP contribution >= 0.6 is 12.4 Å². The van der Waals surface area contributed by atoms with Crippen LogP contribution in [-0.2, 0) is 6.42 Å². The average molecular weight is 243 g/mol. The predicted molar refractivity (Wildman–Crippen MR) is 63.7 cm³/mol. The van der Waals surface area contributed by atoms with Crippen molar-refractivity contribution in [1.82, 2.24) is 0 Å². The van der Waals surface area contributed by atoms with E-state index in [1.807, 2.05) is 6.07 Å². The Morgan fingerprint density at radius 2 is 2.25 bits per heavy atom. The lowest BCUT2D eigenvalue weighted by Gasteiger charge is -2.12. The third-order valence-corrected chi connectivity index (χ3v) is 2.13. The number of ether oxygens (including phenoxy) is 1. The Hall–Kier alpha value is -1.28. The van der Waals surface area contributed by atoms with Crippen molar-refractivity contribution in [2.75, 3.05) is 13.7 Å². The van der Waals surface area contributed by atoms with Crippen molar-refractivity contribution in [1.29, 1.82) is 5.26 Å². The van der Waals surface area contributed by atoms with Gasteiger partial charge in [0, 0.05) is 6.04 Å². The van der Waals surface area contributed by atoms with Crippen LogP contribution in [0.1, 0.15) is 11.1 Å². The van der Waals surface area contributed by atoms with E-state index in [0.29, 0.717) is 17.7 Å². The highest BCUT2D eigenvalue weighted by Gasteiger charge is 2.08. The van der Waals surface area contributed by atoms with E-state index in [9.17, 15) is 0 Å². The molecule has 0 saturated carbocycles. The summed E-state index contributed by atoms with van der Waals surface area (Å²) >= 11 is 0. The minimum absolute atomic E-state index is 0. The number of benzene rings is 1. The minimum atomic E-state index is -0.299. The zero-order valence-corrected chi connectivity index (χ0v) is 9.83. The summed E-state index contributed by atoms with van der Waals surface area (Å²) < 4.78 is 5.14. The number of methoxy groups -OCH3 is 1. The first-order valence-corrected chi connectivity index (χ1v) is 4.64. The summed E-state index contributed by atoms with van der Waals surface area (Å²) in [5, 5.41) is 17.5. The summed E-state index contributed by atoms with van der Waals surface area (Å²) in [6, 6.07) is 6.91. The topological polar surface area (TPSA) is 79.3 Å². The molecule has 0 aliphatic rings. The van der Waals surface area contributed by atoms with Gasteiger partial charge < -0.3 is 15.6 Å². The maximum absolute atomic E-state index is 8.84. The Bertz CT molecular complexity index is 377. The summed E-state index contributed by atoms with van der Waals surface area (Å²) in [6.45, 7) is -0.0663. The molecule has 4 nitrogen and oxygen atoms in total. The average Bonchev–Trinajstić information content (AvgIpc) is 2.29. The van der Waals surface area contributed by atoms with E-state index in [2.05, 4.69) is 0 Å². The van der Waals surface area contributed by atoms with Gasteiger partial charge in [-0.1, -0.05) is 6.07 Å². The molecule has 1 aromatic rings. The molecule has 5 heteroatoms. The fourth-order valence-electron chi connectivity index (χ4n) is 1.33. The van der Waals surface area contributed by atoms with Crippen LogP contribution < -0.4 is 10.5 Å². The lowest BCUT2D eigenvalue weighted by atomic mass is 10.0. The monoisotopic (exact) mass is 242 g/mol. The highest BCUT2D eigenvalue weighted by atomic mass is 35.5. The maximum atomic E-state index is 8.84. The third kappa shape index (κ3) is 3.70. The zero-order chi connectivity index (χ0) is 11.3. The van der Waals surface area contributed by atoms with E-state index in [1.165, 1.54) is 0 Å². The number of nitrogens with two attached hydrogens (primary N) is 1. The van der Waals surface area contributed by atoms with Crippen LogP contribution in [0, 0.1) is 11.3 Å². The summed E-state index contributed by atoms with van der Waals surface area (Å²) in [4.78, 5) is 0. The van der Waals surface area contributed by atoms with Crippen LogP contribution in [0.5, 0.6) is 5.75 Å². The third-order valence-electron chi connectivity index (χ3n) is 2.13. The molecular weight excluding hydrogens is 228 g/mol. The van der Waals surface area contributed by atoms with Gasteiger partial charge in [-0.25, -0.2) is 0 Å². The molecule has 1 aromatic carbocycles. The highest BCUT2D eigenvalue weighted by Crippen LogP contribution is 2.20. The number of aliphatic hydroxyl groups excluding tert-OH is 1. The molecule has 88 valence electrons. The molecular formula is C11H15ClN2O2. The fourth-order valence-corrected chi connectivity index (χ4v) is 1.33. The van der Waals surface area contributed by atoms with Gasteiger partial charge in [-0.3, -0.25) is 0 Å². The van der Waals surface area contributed by atoms with Gasteiger partial charge in [0.1, 0.15) is 5.75 Å². The Kier molecular flexibility index (Phi) is 6.50. The second kappa shape index (κ2) is 7.07. The zero-order valence-electron chi connectivity index (χ0n) is 9.01. The molecule has 16 heavy (non-hydrogen) atoms. The van der Waals surface area contributed by atoms with E-state index < -0.39 is 0 Å². The number of halogens is 1. The second-order valence-corrected chi connectivity index (χ2v) is 3.29. The van der Waals surface area contributed by atoms with E-state index in [4.69, 9.17) is 20.8 Å². The number of hydrogen-bond donors (Lipinski definition) is 2. The number of hydrogen-bond acceptors (Lipinski definition) is 4. The SMILES string of the molecule is COc1cc(C#N)ccc1CC(N)CO.Cl. The molecule has 1 unspecified atom stereocenters. The number of nitrogens with zero attached hydrogens (tertiary/aromatic N) is 1. The van der Waals surface area contributed by atoms with Gasteiger partial charge >= 0.3 is 0 Å². The lowest BCUT2D eigenvalue weighted by molar-refractivity contribution is 0.264. The van der Waals surface area contributed by atoms with E-state index in [0.717, 1.165) is 5.56 Å². The van der Waals surface area contributed by atoms with Crippen molar-refractivity contribution >= 4 is 12.4 Å². The summed E-state index contributed by atoms with van der Waals surface area (Å²) in [5.41, 5.74) is 7.08. The molecule has 1 atom stereocenters. The predicted octanol–water partition coefficient (Wildman–Crippen LogP) is 0.851. The highest BCUT2D eigenvalue weighted by molar-refractivity contribution is 5.85. The molecule has 0 bridgehead atoms. The summed E-state index contributed by atoms with van der Waals surface area (Å²) in [5.74, 6) is 0.637. The van der Waals surface area contributed by atoms with Crippen molar-refractivity contribution in [3.8, 4) is 11.8 Å². The van der Waals surface area contributed by atoms with Gasteiger partial charge in [0.25, 0.3) is 0 Å². The standard InChI is InChI=1S/C11H14N2O2.ClH/c1-15-11-4-8(6-12)2-3-9(11)5-10(13)7-14;/h2-4,10,14H,5,7,13H2,1H3;1H. The van der Waals surface area contributed by atoms with Gasteiger partial charge in [0.05, 0.1) is 25.3 Å². The van der Waals surface area contributed by atoms with Crippen LogP contribution in [0.25, 0.3) is 0 Å². The summed E-state index contributed by atoms with van der Waals surface area (Å²) in [6.07, 6.45) is 0.533. The molecule has 0 fully saturated rings. The number of rotatable bonds is 4. The first kappa shape index (κ1) is 14.7. The second-order valence-electron chi connectivity index (χ2n) is 3.29. The Balaban J connectivity index is 0.00000225. The van der Waals surface area contributed by atoms with Crippen LogP contribution in [0.2, 0.25) is 0 Å². The Morgan fingerprint density at radius 1 is 1.56 bits per heavy atom. The molecule has 0 aromatic heterocycles. The maximum Gasteiger partial charge on any atom is 0.123 e. The van der Waals surface area contributed by atoms with Crippen molar-refractivity contribution in [3.63, 3.8) is 0 Å². The fraction of sp³-hybridized carbons (Fsp3) is 0.364. The minimum Gasteiger partial charge on any atom is -0.496 e. The van der Waals surface area contributed by atoms with Crippen LogP contribution in [0.4, 0.5) is 0 Å². The van der Waals surface area contributed by atoms with Crippen molar-refractivity contribution < 1.29 is 9.84 Å². The Labute approximate surface area is 101 Å². The first-order chi connectivity index (χ1) is 7.21. The molecule has 0 amide bonds. The van der Waals surface area contributed by atoms with Gasteiger partial charge in [-0.2, -0.15) is 5.26 Å². The molecule has 1 rings (SSSR count). The van der Waals surface area contributed by atoms with E-state index in [1.54, 1.807) is 25.3 Å². The molecule has 0 aliphatic heterocycles. The molecule has 0 aliphatic carbocycles. The van der Waals surface area contributed by atoms with E-state index >= 15 is 0 Å². The van der Waals surface area contributed by atoms with Crippen LogP contribution in [0.15, 0.2) is 18.2 Å². The largest absolute Gasteiger partial charge is 0.496 e. The molecule has 0 spiro atoms. The number of nitriles is 1. The van der Waals surface area contributed by atoms with Crippen molar-refractivity contribution in [2.45, 2.75) is 12.5 Å².